The minimum absolute atomic E-state index is 0.0147. The molecule has 0 saturated carbocycles. The zero-order chi connectivity index (χ0) is 27.4. The van der Waals surface area contributed by atoms with Crippen LogP contribution in [0.4, 0.5) is 17.2 Å². The zero-order valence-electron chi connectivity index (χ0n) is 21.8. The summed E-state index contributed by atoms with van der Waals surface area (Å²) in [4.78, 5) is 57.8. The van der Waals surface area contributed by atoms with Gasteiger partial charge in [0.25, 0.3) is 5.56 Å². The van der Waals surface area contributed by atoms with Crippen molar-refractivity contribution in [3.05, 3.63) is 81.0 Å². The fourth-order valence-electron chi connectivity index (χ4n) is 4.70. The normalized spacial score (nSPS) is 15.2. The van der Waals surface area contributed by atoms with Gasteiger partial charge in [-0.3, -0.25) is 23.9 Å². The molecule has 2 heterocycles. The quantitative estimate of drug-likeness (QED) is 0.447. The summed E-state index contributed by atoms with van der Waals surface area (Å²) in [6, 6.07) is 16.4. The number of anilines is 3. The molecule has 1 aliphatic rings. The zero-order valence-corrected chi connectivity index (χ0v) is 21.8. The number of carbonyl (C=O) groups excluding carboxylic acids is 2. The van der Waals surface area contributed by atoms with Crippen molar-refractivity contribution in [1.82, 2.24) is 9.55 Å². The van der Waals surface area contributed by atoms with E-state index in [0.29, 0.717) is 18.0 Å². The van der Waals surface area contributed by atoms with Crippen LogP contribution in [0.25, 0.3) is 0 Å². The number of nitrogens with zero attached hydrogens (tertiary/aromatic N) is 3. The number of nitrogens with one attached hydrogen (secondary N) is 1. The first kappa shape index (κ1) is 26.7. The lowest BCUT2D eigenvalue weighted by Crippen LogP contribution is -2.45. The van der Waals surface area contributed by atoms with Crippen LogP contribution in [-0.4, -0.2) is 41.1 Å². The summed E-state index contributed by atoms with van der Waals surface area (Å²) in [5.41, 5.74) is 6.32. The smallest absolute Gasteiger partial charge is 0.330 e. The summed E-state index contributed by atoms with van der Waals surface area (Å²) in [5.74, 6) is -0.867. The Kier molecular flexibility index (Phi) is 7.99. The molecule has 3 N–H and O–H groups in total. The first-order valence-electron chi connectivity index (χ1n) is 12.7. The van der Waals surface area contributed by atoms with E-state index in [1.807, 2.05) is 63.2 Å². The first-order valence-corrected chi connectivity index (χ1v) is 12.7. The van der Waals surface area contributed by atoms with E-state index in [2.05, 4.69) is 4.98 Å². The van der Waals surface area contributed by atoms with E-state index in [1.165, 1.54) is 9.47 Å². The Morgan fingerprint density at radius 2 is 1.79 bits per heavy atom. The average molecular weight is 520 g/mol. The fourth-order valence-corrected chi connectivity index (χ4v) is 4.70. The van der Waals surface area contributed by atoms with Gasteiger partial charge in [-0.15, -0.1) is 0 Å². The standard InChI is InChI=1S/C28H33N5O5/c1-4-38-22-13-9-8-12-21(22)31-17-20(14-23(31)34)27(36)32(15-18(2)3)24-25(29)33(28(37)30-26(24)35)16-19-10-6-5-7-11-19/h5-13,18,20H,4,14-17,29H2,1-3H3,(H,30,35,37). The van der Waals surface area contributed by atoms with Gasteiger partial charge in [0, 0.05) is 19.5 Å². The highest BCUT2D eigenvalue weighted by molar-refractivity contribution is 6.05. The molecule has 2 amide bonds. The number of nitrogen functional groups attached to an aromatic ring is 1. The van der Waals surface area contributed by atoms with Gasteiger partial charge in [0.2, 0.25) is 11.8 Å². The summed E-state index contributed by atoms with van der Waals surface area (Å²) in [6.45, 7) is 6.57. The maximum atomic E-state index is 13.9. The monoisotopic (exact) mass is 519 g/mol. The van der Waals surface area contributed by atoms with Crippen molar-refractivity contribution in [1.29, 1.82) is 0 Å². The second kappa shape index (κ2) is 11.4. The third-order valence-electron chi connectivity index (χ3n) is 6.41. The number of para-hydroxylation sites is 2. The second-order valence-electron chi connectivity index (χ2n) is 9.71. The lowest BCUT2D eigenvalue weighted by Gasteiger charge is -2.28. The Morgan fingerprint density at radius 1 is 1.11 bits per heavy atom. The number of nitrogens with two attached hydrogens (primary N) is 1. The lowest BCUT2D eigenvalue weighted by atomic mass is 10.1. The number of benzene rings is 2. The molecule has 1 saturated heterocycles. The van der Waals surface area contributed by atoms with Crippen LogP contribution in [0, 0.1) is 11.8 Å². The maximum Gasteiger partial charge on any atom is 0.330 e. The van der Waals surface area contributed by atoms with Gasteiger partial charge in [-0.25, -0.2) is 4.79 Å². The van der Waals surface area contributed by atoms with E-state index in [-0.39, 0.29) is 49.4 Å². The Bertz CT molecular complexity index is 1430. The Labute approximate surface area is 220 Å². The molecule has 1 unspecified atom stereocenters. The molecule has 2 aromatic carbocycles. The fraction of sp³-hybridized carbons (Fsp3) is 0.357. The van der Waals surface area contributed by atoms with Crippen molar-refractivity contribution >= 4 is 29.0 Å². The van der Waals surface area contributed by atoms with E-state index >= 15 is 0 Å². The van der Waals surface area contributed by atoms with Gasteiger partial charge >= 0.3 is 5.69 Å². The molecule has 200 valence electrons. The minimum Gasteiger partial charge on any atom is -0.492 e. The molecule has 0 aliphatic carbocycles. The van der Waals surface area contributed by atoms with Crippen molar-refractivity contribution < 1.29 is 14.3 Å². The molecule has 0 radical (unpaired) electrons. The van der Waals surface area contributed by atoms with Crippen molar-refractivity contribution in [3.63, 3.8) is 0 Å². The van der Waals surface area contributed by atoms with Gasteiger partial charge in [-0.05, 0) is 30.5 Å². The van der Waals surface area contributed by atoms with Gasteiger partial charge < -0.3 is 20.3 Å². The van der Waals surface area contributed by atoms with E-state index in [1.54, 1.807) is 17.0 Å². The second-order valence-corrected chi connectivity index (χ2v) is 9.71. The Balaban J connectivity index is 1.69. The molecule has 10 nitrogen and oxygen atoms in total. The first-order chi connectivity index (χ1) is 18.2. The number of amides is 2. The number of rotatable bonds is 9. The highest BCUT2D eigenvalue weighted by Gasteiger charge is 2.40. The number of H-pyrrole nitrogens is 1. The largest absolute Gasteiger partial charge is 0.492 e. The van der Waals surface area contributed by atoms with Gasteiger partial charge in [0.1, 0.15) is 11.6 Å². The van der Waals surface area contributed by atoms with Crippen LogP contribution in [0.1, 0.15) is 32.8 Å². The third kappa shape index (κ3) is 5.49. The topological polar surface area (TPSA) is 131 Å². The van der Waals surface area contributed by atoms with E-state index < -0.39 is 23.1 Å². The number of ether oxygens (including phenoxy) is 1. The van der Waals surface area contributed by atoms with Crippen LogP contribution in [0.5, 0.6) is 5.75 Å². The Morgan fingerprint density at radius 3 is 2.47 bits per heavy atom. The summed E-state index contributed by atoms with van der Waals surface area (Å²) >= 11 is 0. The van der Waals surface area contributed by atoms with Gasteiger partial charge in [-0.1, -0.05) is 56.3 Å². The van der Waals surface area contributed by atoms with Gasteiger partial charge in [-0.2, -0.15) is 0 Å². The summed E-state index contributed by atoms with van der Waals surface area (Å²) in [5, 5.41) is 0. The molecular formula is C28H33N5O5. The van der Waals surface area contributed by atoms with Gasteiger partial charge in [0.05, 0.1) is 24.8 Å². The lowest BCUT2D eigenvalue weighted by molar-refractivity contribution is -0.124. The van der Waals surface area contributed by atoms with E-state index in [4.69, 9.17) is 10.5 Å². The predicted molar refractivity (Wildman–Crippen MR) is 147 cm³/mol. The highest BCUT2D eigenvalue weighted by Crippen LogP contribution is 2.34. The molecule has 1 aromatic heterocycles. The minimum atomic E-state index is -0.742. The molecule has 0 bridgehead atoms. The highest BCUT2D eigenvalue weighted by atomic mass is 16.5. The van der Waals surface area contributed by atoms with Gasteiger partial charge in [0.15, 0.2) is 5.69 Å². The van der Waals surface area contributed by atoms with Crippen molar-refractivity contribution in [2.75, 3.05) is 35.2 Å². The van der Waals surface area contributed by atoms with E-state index in [9.17, 15) is 19.2 Å². The van der Waals surface area contributed by atoms with E-state index in [0.717, 1.165) is 5.56 Å². The summed E-state index contributed by atoms with van der Waals surface area (Å²) in [7, 11) is 0. The number of hydrogen-bond acceptors (Lipinski definition) is 6. The van der Waals surface area contributed by atoms with Crippen LogP contribution >= 0.6 is 0 Å². The molecule has 10 heteroatoms. The molecule has 0 spiro atoms. The number of carbonyl (C=O) groups is 2. The molecule has 1 aliphatic heterocycles. The predicted octanol–water partition coefficient (Wildman–Crippen LogP) is 2.61. The Hall–Kier alpha value is -4.34. The SMILES string of the molecule is CCOc1ccccc1N1CC(C(=O)N(CC(C)C)c2c(N)n(Cc3ccccc3)c(=O)[nH]c2=O)CC1=O. The van der Waals surface area contributed by atoms with Crippen LogP contribution in [0.2, 0.25) is 0 Å². The summed E-state index contributed by atoms with van der Waals surface area (Å²) < 4.78 is 6.93. The number of hydrogen-bond donors (Lipinski definition) is 2. The molecule has 4 rings (SSSR count). The maximum absolute atomic E-state index is 13.9. The van der Waals surface area contributed by atoms with Crippen LogP contribution in [0.3, 0.4) is 0 Å². The van der Waals surface area contributed by atoms with Crippen molar-refractivity contribution in [2.24, 2.45) is 11.8 Å². The molecule has 38 heavy (non-hydrogen) atoms. The van der Waals surface area contributed by atoms with Crippen molar-refractivity contribution in [3.8, 4) is 5.75 Å². The molecule has 3 aromatic rings. The number of aromatic nitrogens is 2. The van der Waals surface area contributed by atoms with Crippen LogP contribution in [-0.2, 0) is 16.1 Å². The van der Waals surface area contributed by atoms with Crippen LogP contribution < -0.4 is 31.5 Å². The molecular weight excluding hydrogens is 486 g/mol. The van der Waals surface area contributed by atoms with Crippen molar-refractivity contribution in [2.45, 2.75) is 33.7 Å². The molecule has 1 atom stereocenters. The van der Waals surface area contributed by atoms with Crippen LogP contribution in [0.15, 0.2) is 64.2 Å². The number of aromatic amines is 1. The third-order valence-corrected chi connectivity index (χ3v) is 6.41. The summed E-state index contributed by atoms with van der Waals surface area (Å²) in [6.07, 6.45) is -0.0185. The average Bonchev–Trinajstić information content (AvgIpc) is 3.27. The molecule has 1 fully saturated rings.